The monoisotopic (exact) mass is 372 g/mol. The van der Waals surface area contributed by atoms with Crippen molar-refractivity contribution < 1.29 is 9.59 Å². The van der Waals surface area contributed by atoms with Crippen LogP contribution in [-0.4, -0.2) is 41.3 Å². The van der Waals surface area contributed by atoms with Crippen LogP contribution in [0.3, 0.4) is 0 Å². The molecule has 1 aromatic heterocycles. The lowest BCUT2D eigenvalue weighted by atomic mass is 9.99. The summed E-state index contributed by atoms with van der Waals surface area (Å²) in [6.07, 6.45) is 5.28. The zero-order valence-electron chi connectivity index (χ0n) is 16.2. The number of pyridine rings is 1. The van der Waals surface area contributed by atoms with Crippen molar-refractivity contribution in [1.82, 2.24) is 15.2 Å². The zero-order chi connectivity index (χ0) is 19.8. The van der Waals surface area contributed by atoms with Gasteiger partial charge in [0.1, 0.15) is 11.6 Å². The smallest absolute Gasteiger partial charge is 0.266 e. The highest BCUT2D eigenvalue weighted by molar-refractivity contribution is 5.77. The quantitative estimate of drug-likeness (QED) is 0.711. The standard InChI is InChI=1S/C20H28N4O3/c1-14-16(15(2)23-20(27)17(14)13-21)8-9-18(25)22-10-6-12-24-11-5-3-4-7-19(24)26/h3-12H2,1-2H3,(H,22,25)(H,23,27). The molecule has 2 amide bonds. The molecule has 146 valence electrons. The van der Waals surface area contributed by atoms with Gasteiger partial charge < -0.3 is 15.2 Å². The lowest BCUT2D eigenvalue weighted by Gasteiger charge is -2.20. The third-order valence-corrected chi connectivity index (χ3v) is 5.12. The van der Waals surface area contributed by atoms with Crippen molar-refractivity contribution in [1.29, 1.82) is 5.26 Å². The van der Waals surface area contributed by atoms with Crippen LogP contribution >= 0.6 is 0 Å². The van der Waals surface area contributed by atoms with E-state index in [-0.39, 0.29) is 22.9 Å². The molecular weight excluding hydrogens is 344 g/mol. The Hall–Kier alpha value is -2.62. The first-order chi connectivity index (χ1) is 12.9. The molecule has 0 atom stereocenters. The largest absolute Gasteiger partial charge is 0.356 e. The summed E-state index contributed by atoms with van der Waals surface area (Å²) in [4.78, 5) is 40.4. The Bertz CT molecular complexity index is 792. The molecule has 0 aliphatic carbocycles. The topological polar surface area (TPSA) is 106 Å². The number of hydrogen-bond donors (Lipinski definition) is 2. The van der Waals surface area contributed by atoms with E-state index in [1.54, 1.807) is 13.8 Å². The van der Waals surface area contributed by atoms with Gasteiger partial charge in [0.15, 0.2) is 0 Å². The molecule has 2 rings (SSSR count). The Morgan fingerprint density at radius 2 is 2.04 bits per heavy atom. The molecule has 0 aromatic carbocycles. The van der Waals surface area contributed by atoms with Crippen LogP contribution in [0.25, 0.3) is 0 Å². The van der Waals surface area contributed by atoms with E-state index in [9.17, 15) is 14.4 Å². The van der Waals surface area contributed by atoms with Gasteiger partial charge in [0.2, 0.25) is 11.8 Å². The number of rotatable bonds is 7. The fraction of sp³-hybridized carbons (Fsp3) is 0.600. The molecule has 2 N–H and O–H groups in total. The van der Waals surface area contributed by atoms with Crippen molar-refractivity contribution in [3.63, 3.8) is 0 Å². The molecular formula is C20H28N4O3. The number of nitriles is 1. The van der Waals surface area contributed by atoms with Crippen molar-refractivity contribution in [2.75, 3.05) is 19.6 Å². The molecule has 1 aliphatic heterocycles. The normalized spacial score (nSPS) is 14.6. The highest BCUT2D eigenvalue weighted by Crippen LogP contribution is 2.15. The van der Waals surface area contributed by atoms with Crippen LogP contribution in [0.5, 0.6) is 0 Å². The maximum Gasteiger partial charge on any atom is 0.266 e. The number of aromatic nitrogens is 1. The summed E-state index contributed by atoms with van der Waals surface area (Å²) in [5, 5.41) is 12.0. The minimum Gasteiger partial charge on any atom is -0.356 e. The van der Waals surface area contributed by atoms with Crippen LogP contribution < -0.4 is 10.9 Å². The number of carbonyl (C=O) groups is 2. The molecule has 2 heterocycles. The number of aryl methyl sites for hydroxylation is 1. The minimum atomic E-state index is -0.385. The third-order valence-electron chi connectivity index (χ3n) is 5.12. The molecule has 0 saturated carbocycles. The van der Waals surface area contributed by atoms with Gasteiger partial charge in [-0.2, -0.15) is 5.26 Å². The van der Waals surface area contributed by atoms with Crippen LogP contribution in [0.2, 0.25) is 0 Å². The summed E-state index contributed by atoms with van der Waals surface area (Å²) >= 11 is 0. The number of carbonyl (C=O) groups excluding carboxylic acids is 2. The van der Waals surface area contributed by atoms with Gasteiger partial charge in [0, 0.05) is 38.2 Å². The number of hydrogen-bond acceptors (Lipinski definition) is 4. The van der Waals surface area contributed by atoms with Gasteiger partial charge in [-0.25, -0.2) is 0 Å². The Balaban J connectivity index is 1.78. The van der Waals surface area contributed by atoms with E-state index in [0.29, 0.717) is 43.6 Å². The highest BCUT2D eigenvalue weighted by atomic mass is 16.2. The number of aromatic amines is 1. The predicted octanol–water partition coefficient (Wildman–Crippen LogP) is 1.70. The van der Waals surface area contributed by atoms with E-state index in [0.717, 1.165) is 37.8 Å². The molecule has 1 fully saturated rings. The van der Waals surface area contributed by atoms with Crippen molar-refractivity contribution in [2.24, 2.45) is 0 Å². The average Bonchev–Trinajstić information content (AvgIpc) is 2.83. The molecule has 0 unspecified atom stereocenters. The van der Waals surface area contributed by atoms with E-state index >= 15 is 0 Å². The van der Waals surface area contributed by atoms with Crippen LogP contribution in [0.1, 0.15) is 60.9 Å². The Morgan fingerprint density at radius 1 is 1.26 bits per heavy atom. The van der Waals surface area contributed by atoms with Gasteiger partial charge in [0.05, 0.1) is 0 Å². The van der Waals surface area contributed by atoms with E-state index in [2.05, 4.69) is 10.3 Å². The van der Waals surface area contributed by atoms with Crippen molar-refractivity contribution in [2.45, 2.75) is 58.8 Å². The van der Waals surface area contributed by atoms with Gasteiger partial charge in [0.25, 0.3) is 5.56 Å². The fourth-order valence-electron chi connectivity index (χ4n) is 3.52. The van der Waals surface area contributed by atoms with Gasteiger partial charge >= 0.3 is 0 Å². The Kier molecular flexibility index (Phi) is 7.59. The second-order valence-electron chi connectivity index (χ2n) is 7.06. The van der Waals surface area contributed by atoms with E-state index in [1.165, 1.54) is 0 Å². The molecule has 1 saturated heterocycles. The van der Waals surface area contributed by atoms with E-state index in [4.69, 9.17) is 5.26 Å². The van der Waals surface area contributed by atoms with Crippen LogP contribution in [0.4, 0.5) is 0 Å². The predicted molar refractivity (Wildman–Crippen MR) is 102 cm³/mol. The summed E-state index contributed by atoms with van der Waals surface area (Å²) in [6.45, 7) is 5.56. The summed E-state index contributed by atoms with van der Waals surface area (Å²) in [6, 6.07) is 1.92. The van der Waals surface area contributed by atoms with Crippen molar-refractivity contribution >= 4 is 11.8 Å². The fourth-order valence-corrected chi connectivity index (χ4v) is 3.52. The molecule has 7 heteroatoms. The summed E-state index contributed by atoms with van der Waals surface area (Å²) < 4.78 is 0. The first-order valence-electron chi connectivity index (χ1n) is 9.61. The lowest BCUT2D eigenvalue weighted by molar-refractivity contribution is -0.130. The SMILES string of the molecule is Cc1[nH]c(=O)c(C#N)c(C)c1CCC(=O)NCCCN1CCCCCC1=O. The molecule has 0 spiro atoms. The molecule has 0 radical (unpaired) electrons. The van der Waals surface area contributed by atoms with Gasteiger partial charge in [-0.1, -0.05) is 6.42 Å². The molecule has 7 nitrogen and oxygen atoms in total. The lowest BCUT2D eigenvalue weighted by Crippen LogP contribution is -2.34. The second kappa shape index (κ2) is 9.91. The summed E-state index contributed by atoms with van der Waals surface area (Å²) in [5.41, 5.74) is 1.91. The van der Waals surface area contributed by atoms with Crippen molar-refractivity contribution in [3.05, 3.63) is 32.7 Å². The van der Waals surface area contributed by atoms with Gasteiger partial charge in [-0.3, -0.25) is 14.4 Å². The average molecular weight is 372 g/mol. The van der Waals surface area contributed by atoms with E-state index in [1.807, 2.05) is 11.0 Å². The number of amides is 2. The summed E-state index contributed by atoms with van der Waals surface area (Å²) in [5.74, 6) is 0.150. The maximum absolute atomic E-state index is 12.1. The number of nitrogens with zero attached hydrogens (tertiary/aromatic N) is 2. The van der Waals surface area contributed by atoms with Gasteiger partial charge in [-0.05, 0) is 50.7 Å². The Morgan fingerprint density at radius 3 is 2.78 bits per heavy atom. The number of nitrogens with one attached hydrogen (secondary N) is 2. The molecule has 0 bridgehead atoms. The van der Waals surface area contributed by atoms with Gasteiger partial charge in [-0.15, -0.1) is 0 Å². The molecule has 1 aliphatic rings. The minimum absolute atomic E-state index is 0.0688. The van der Waals surface area contributed by atoms with Crippen LogP contribution in [0.15, 0.2) is 4.79 Å². The Labute approximate surface area is 159 Å². The second-order valence-corrected chi connectivity index (χ2v) is 7.06. The first kappa shape index (κ1) is 20.7. The van der Waals surface area contributed by atoms with Crippen LogP contribution in [-0.2, 0) is 16.0 Å². The maximum atomic E-state index is 12.1. The summed E-state index contributed by atoms with van der Waals surface area (Å²) in [7, 11) is 0. The third kappa shape index (κ3) is 5.68. The number of likely N-dealkylation sites (tertiary alicyclic amines) is 1. The van der Waals surface area contributed by atoms with E-state index < -0.39 is 0 Å². The van der Waals surface area contributed by atoms with Crippen LogP contribution in [0, 0.1) is 25.2 Å². The number of H-pyrrole nitrogens is 1. The first-order valence-corrected chi connectivity index (χ1v) is 9.61. The zero-order valence-corrected chi connectivity index (χ0v) is 16.2. The molecule has 27 heavy (non-hydrogen) atoms. The van der Waals surface area contributed by atoms with Crippen molar-refractivity contribution in [3.8, 4) is 6.07 Å². The highest BCUT2D eigenvalue weighted by Gasteiger charge is 2.16. The molecule has 1 aromatic rings.